The molecule has 1 aromatic carbocycles. The van der Waals surface area contributed by atoms with Gasteiger partial charge in [-0.15, -0.1) is 0 Å². The molecule has 0 heterocycles. The van der Waals surface area contributed by atoms with E-state index >= 15 is 0 Å². The van der Waals surface area contributed by atoms with Crippen molar-refractivity contribution in [2.24, 2.45) is 4.99 Å². The molecule has 3 nitrogen and oxygen atoms in total. The van der Waals surface area contributed by atoms with E-state index in [-0.39, 0.29) is 5.75 Å². The highest BCUT2D eigenvalue weighted by Gasteiger charge is 2.15. The molecular weight excluding hydrogens is 204 g/mol. The second kappa shape index (κ2) is 4.66. The van der Waals surface area contributed by atoms with Gasteiger partial charge in [0, 0.05) is 11.6 Å². The SMILES string of the molecule is COc1cc(F)c(F)cc1C(C)N=C=O. The van der Waals surface area contributed by atoms with Crippen molar-refractivity contribution in [3.63, 3.8) is 0 Å². The highest BCUT2D eigenvalue weighted by atomic mass is 19.2. The maximum absolute atomic E-state index is 12.9. The second-order valence-corrected chi connectivity index (χ2v) is 2.90. The van der Waals surface area contributed by atoms with Crippen LogP contribution in [0.3, 0.4) is 0 Å². The highest BCUT2D eigenvalue weighted by Crippen LogP contribution is 2.29. The van der Waals surface area contributed by atoms with Gasteiger partial charge in [0.1, 0.15) is 5.75 Å². The molecule has 0 saturated heterocycles. The van der Waals surface area contributed by atoms with Crippen LogP contribution in [0.25, 0.3) is 0 Å². The number of halogens is 2. The Balaban J connectivity index is 3.26. The molecule has 0 aliphatic heterocycles. The largest absolute Gasteiger partial charge is 0.496 e. The van der Waals surface area contributed by atoms with Crippen LogP contribution in [0.2, 0.25) is 0 Å². The van der Waals surface area contributed by atoms with Gasteiger partial charge in [-0.1, -0.05) is 0 Å². The molecule has 0 N–H and O–H groups in total. The van der Waals surface area contributed by atoms with Gasteiger partial charge in [-0.25, -0.2) is 13.6 Å². The molecule has 0 saturated carbocycles. The summed E-state index contributed by atoms with van der Waals surface area (Å²) in [6.07, 6.45) is 1.35. The monoisotopic (exact) mass is 213 g/mol. The first-order valence-corrected chi connectivity index (χ1v) is 4.20. The van der Waals surface area contributed by atoms with Gasteiger partial charge in [0.15, 0.2) is 11.6 Å². The lowest BCUT2D eigenvalue weighted by Crippen LogP contribution is -1.98. The summed E-state index contributed by atoms with van der Waals surface area (Å²) in [5, 5.41) is 0. The summed E-state index contributed by atoms with van der Waals surface area (Å²) >= 11 is 0. The van der Waals surface area contributed by atoms with E-state index in [0.717, 1.165) is 12.1 Å². The summed E-state index contributed by atoms with van der Waals surface area (Å²) in [7, 11) is 1.33. The molecule has 0 spiro atoms. The third-order valence-electron chi connectivity index (χ3n) is 1.97. The molecule has 0 bridgehead atoms. The Hall–Kier alpha value is -1.74. The van der Waals surface area contributed by atoms with Gasteiger partial charge in [0.25, 0.3) is 0 Å². The first kappa shape index (κ1) is 11.3. The van der Waals surface area contributed by atoms with Gasteiger partial charge in [-0.05, 0) is 13.0 Å². The Morgan fingerprint density at radius 2 is 2.00 bits per heavy atom. The van der Waals surface area contributed by atoms with Crippen molar-refractivity contribution in [3.8, 4) is 5.75 Å². The molecule has 1 unspecified atom stereocenters. The number of ether oxygens (including phenoxy) is 1. The number of carbonyl (C=O) groups excluding carboxylic acids is 1. The predicted molar refractivity (Wildman–Crippen MR) is 49.4 cm³/mol. The Labute approximate surface area is 85.4 Å². The van der Waals surface area contributed by atoms with Crippen LogP contribution in [0.15, 0.2) is 17.1 Å². The van der Waals surface area contributed by atoms with Crippen LogP contribution < -0.4 is 4.74 Å². The first-order chi connectivity index (χ1) is 7.10. The summed E-state index contributed by atoms with van der Waals surface area (Å²) in [5.74, 6) is -1.85. The van der Waals surface area contributed by atoms with Crippen molar-refractivity contribution in [3.05, 3.63) is 29.3 Å². The Kier molecular flexibility index (Phi) is 3.52. The van der Waals surface area contributed by atoms with Gasteiger partial charge in [-0.3, -0.25) is 0 Å². The minimum atomic E-state index is -1.00. The quantitative estimate of drug-likeness (QED) is 0.571. The molecule has 1 atom stereocenters. The van der Waals surface area contributed by atoms with Gasteiger partial charge >= 0.3 is 0 Å². The topological polar surface area (TPSA) is 38.7 Å². The molecule has 0 aliphatic carbocycles. The zero-order chi connectivity index (χ0) is 11.4. The molecule has 15 heavy (non-hydrogen) atoms. The van der Waals surface area contributed by atoms with Crippen molar-refractivity contribution < 1.29 is 18.3 Å². The molecule has 80 valence electrons. The van der Waals surface area contributed by atoms with Crippen LogP contribution in [0.4, 0.5) is 8.78 Å². The van der Waals surface area contributed by atoms with Crippen LogP contribution in [0, 0.1) is 11.6 Å². The smallest absolute Gasteiger partial charge is 0.235 e. The second-order valence-electron chi connectivity index (χ2n) is 2.90. The van der Waals surface area contributed by atoms with Gasteiger partial charge in [-0.2, -0.15) is 4.99 Å². The Morgan fingerprint density at radius 3 is 2.53 bits per heavy atom. The highest BCUT2D eigenvalue weighted by molar-refractivity contribution is 5.40. The number of rotatable bonds is 3. The third kappa shape index (κ3) is 2.39. The molecule has 1 aromatic rings. The fourth-order valence-corrected chi connectivity index (χ4v) is 1.20. The van der Waals surface area contributed by atoms with E-state index in [2.05, 4.69) is 4.99 Å². The van der Waals surface area contributed by atoms with Gasteiger partial charge in [0.05, 0.1) is 13.2 Å². The summed E-state index contributed by atoms with van der Waals surface area (Å²) < 4.78 is 30.6. The summed E-state index contributed by atoms with van der Waals surface area (Å²) in [4.78, 5) is 13.4. The maximum Gasteiger partial charge on any atom is 0.235 e. The number of hydrogen-bond acceptors (Lipinski definition) is 3. The normalized spacial score (nSPS) is 11.7. The number of hydrogen-bond donors (Lipinski definition) is 0. The van der Waals surface area contributed by atoms with Crippen LogP contribution >= 0.6 is 0 Å². The molecular formula is C10H9F2NO2. The number of nitrogens with zero attached hydrogens (tertiary/aromatic N) is 1. The Bertz CT molecular complexity index is 414. The lowest BCUT2D eigenvalue weighted by atomic mass is 10.1. The van der Waals surface area contributed by atoms with E-state index in [4.69, 9.17) is 4.74 Å². The van der Waals surface area contributed by atoms with Crippen LogP contribution in [-0.2, 0) is 4.79 Å². The molecule has 0 fully saturated rings. The third-order valence-corrected chi connectivity index (χ3v) is 1.97. The van der Waals surface area contributed by atoms with Crippen LogP contribution in [0.1, 0.15) is 18.5 Å². The van der Waals surface area contributed by atoms with E-state index in [0.29, 0.717) is 5.56 Å². The maximum atomic E-state index is 12.9. The first-order valence-electron chi connectivity index (χ1n) is 4.20. The van der Waals surface area contributed by atoms with Crippen LogP contribution in [0.5, 0.6) is 5.75 Å². The summed E-state index contributed by atoms with van der Waals surface area (Å²) in [5.41, 5.74) is 0.305. The fraction of sp³-hybridized carbons (Fsp3) is 0.300. The predicted octanol–water partition coefficient (Wildman–Crippen LogP) is 2.37. The van der Waals surface area contributed by atoms with Crippen molar-refractivity contribution in [1.29, 1.82) is 0 Å². The fourth-order valence-electron chi connectivity index (χ4n) is 1.20. The number of methoxy groups -OCH3 is 1. The minimum absolute atomic E-state index is 0.153. The molecule has 0 aliphatic rings. The lowest BCUT2D eigenvalue weighted by Gasteiger charge is -2.11. The molecule has 0 amide bonds. The van der Waals surface area contributed by atoms with E-state index in [1.807, 2.05) is 0 Å². The Morgan fingerprint density at radius 1 is 1.40 bits per heavy atom. The lowest BCUT2D eigenvalue weighted by molar-refractivity contribution is 0.397. The summed E-state index contributed by atoms with van der Waals surface area (Å²) in [6.45, 7) is 1.56. The van der Waals surface area contributed by atoms with Crippen LogP contribution in [-0.4, -0.2) is 13.2 Å². The molecule has 0 radical (unpaired) electrons. The van der Waals surface area contributed by atoms with E-state index < -0.39 is 17.7 Å². The van der Waals surface area contributed by atoms with Gasteiger partial charge < -0.3 is 4.74 Å². The van der Waals surface area contributed by atoms with Crippen molar-refractivity contribution >= 4 is 6.08 Å². The molecule has 5 heteroatoms. The minimum Gasteiger partial charge on any atom is -0.496 e. The number of benzene rings is 1. The van der Waals surface area contributed by atoms with E-state index in [9.17, 15) is 13.6 Å². The zero-order valence-corrected chi connectivity index (χ0v) is 8.25. The molecule has 0 aromatic heterocycles. The average Bonchev–Trinajstić information content (AvgIpc) is 2.21. The van der Waals surface area contributed by atoms with Crippen molar-refractivity contribution in [2.45, 2.75) is 13.0 Å². The summed E-state index contributed by atoms with van der Waals surface area (Å²) in [6, 6.07) is 1.26. The number of isocyanates is 1. The van der Waals surface area contributed by atoms with E-state index in [1.54, 1.807) is 6.92 Å². The number of aliphatic imine (C=N–C) groups is 1. The van der Waals surface area contributed by atoms with Crippen molar-refractivity contribution in [2.75, 3.05) is 7.11 Å². The zero-order valence-electron chi connectivity index (χ0n) is 8.25. The average molecular weight is 213 g/mol. The standard InChI is InChI=1S/C10H9F2NO2/c1-6(13-5-14)7-3-8(11)9(12)4-10(7)15-2/h3-4,6H,1-2H3. The van der Waals surface area contributed by atoms with Gasteiger partial charge in [0.2, 0.25) is 6.08 Å². The van der Waals surface area contributed by atoms with Crippen molar-refractivity contribution in [1.82, 2.24) is 0 Å². The van der Waals surface area contributed by atoms with E-state index in [1.165, 1.54) is 13.2 Å². The molecule has 1 rings (SSSR count).